The molecule has 2 unspecified atom stereocenters. The Bertz CT molecular complexity index is 1170. The summed E-state index contributed by atoms with van der Waals surface area (Å²) in [6, 6.07) is 14.3. The maximum Gasteiger partial charge on any atom is 0.329 e. The van der Waals surface area contributed by atoms with Gasteiger partial charge in [-0.05, 0) is 30.7 Å². The molecule has 0 radical (unpaired) electrons. The Morgan fingerprint density at radius 3 is 2.61 bits per heavy atom. The molecule has 2 aromatic carbocycles. The van der Waals surface area contributed by atoms with Gasteiger partial charge in [-0.15, -0.1) is 0 Å². The molecule has 1 amide bonds. The fraction of sp³-hybridized carbons (Fsp3) is 0.292. The van der Waals surface area contributed by atoms with Crippen LogP contribution in [0.1, 0.15) is 23.2 Å². The van der Waals surface area contributed by atoms with Crippen molar-refractivity contribution < 1.29 is 23.8 Å². The first-order valence-electron chi connectivity index (χ1n) is 10.5. The molecule has 3 aromatic rings. The molecule has 1 N–H and O–H groups in total. The molecule has 172 valence electrons. The minimum atomic E-state index is -0.956. The normalized spacial score (nSPS) is 17.9. The molecule has 7 nitrogen and oxygen atoms in total. The van der Waals surface area contributed by atoms with E-state index in [9.17, 15) is 19.1 Å². The van der Waals surface area contributed by atoms with Gasteiger partial charge < -0.3 is 14.7 Å². The van der Waals surface area contributed by atoms with Gasteiger partial charge in [0.15, 0.2) is 0 Å². The summed E-state index contributed by atoms with van der Waals surface area (Å²) in [7, 11) is 0. The number of β-amino-alcohol motifs (C(OH)–C–C–N with tert-alkyl or cyclic N) is 1. The fourth-order valence-corrected chi connectivity index (χ4v) is 4.22. The molecule has 0 saturated carbocycles. The number of esters is 1. The molecule has 4 rings (SSSR count). The topological polar surface area (TPSA) is 84.7 Å². The predicted molar refractivity (Wildman–Crippen MR) is 119 cm³/mol. The monoisotopic (exact) mass is 471 g/mol. The van der Waals surface area contributed by atoms with Gasteiger partial charge >= 0.3 is 5.97 Å². The van der Waals surface area contributed by atoms with E-state index in [0.717, 1.165) is 5.69 Å². The van der Waals surface area contributed by atoms with Crippen LogP contribution in [0.25, 0.3) is 5.69 Å². The van der Waals surface area contributed by atoms with Crippen molar-refractivity contribution in [1.29, 1.82) is 0 Å². The molecular weight excluding hydrogens is 449 g/mol. The first kappa shape index (κ1) is 22.9. The summed E-state index contributed by atoms with van der Waals surface area (Å²) in [5, 5.41) is 14.8. The van der Waals surface area contributed by atoms with Gasteiger partial charge in [0.1, 0.15) is 23.6 Å². The van der Waals surface area contributed by atoms with Gasteiger partial charge in [0.25, 0.3) is 0 Å². The number of halogens is 2. The van der Waals surface area contributed by atoms with Crippen LogP contribution in [0.4, 0.5) is 4.39 Å². The maximum absolute atomic E-state index is 13.9. The standard InChI is InChI=1S/C24H23ClFN3O4/c1-15-19(23(25)29(27-15)17-8-3-2-4-9-17)14-33-24(32)21-12-18(30)13-28(21)22(31)11-16-7-5-6-10-20(16)26/h2-10,18,21,30H,11-14H2,1H3. The number of para-hydroxylation sites is 1. The van der Waals surface area contributed by atoms with E-state index in [4.69, 9.17) is 16.3 Å². The second kappa shape index (κ2) is 9.72. The van der Waals surface area contributed by atoms with E-state index in [-0.39, 0.29) is 31.6 Å². The molecule has 1 fully saturated rings. The number of aliphatic hydroxyl groups is 1. The Morgan fingerprint density at radius 1 is 1.18 bits per heavy atom. The smallest absolute Gasteiger partial charge is 0.329 e. The number of aliphatic hydroxyl groups excluding tert-OH is 1. The van der Waals surface area contributed by atoms with Crippen LogP contribution in [0.2, 0.25) is 5.15 Å². The number of likely N-dealkylation sites (tertiary alicyclic amines) is 1. The molecule has 0 bridgehead atoms. The predicted octanol–water partition coefficient (Wildman–Crippen LogP) is 3.22. The van der Waals surface area contributed by atoms with E-state index < -0.39 is 29.8 Å². The van der Waals surface area contributed by atoms with E-state index in [1.54, 1.807) is 17.7 Å². The SMILES string of the molecule is Cc1nn(-c2ccccc2)c(Cl)c1COC(=O)C1CC(O)CN1C(=O)Cc1ccccc1F. The Balaban J connectivity index is 1.45. The van der Waals surface area contributed by atoms with Crippen LogP contribution in [0, 0.1) is 12.7 Å². The third kappa shape index (κ3) is 4.91. The van der Waals surface area contributed by atoms with Crippen LogP contribution >= 0.6 is 11.6 Å². The van der Waals surface area contributed by atoms with Crippen LogP contribution in [0.15, 0.2) is 54.6 Å². The summed E-state index contributed by atoms with van der Waals surface area (Å²) in [4.78, 5) is 26.9. The van der Waals surface area contributed by atoms with Gasteiger partial charge in [0, 0.05) is 18.5 Å². The van der Waals surface area contributed by atoms with E-state index >= 15 is 0 Å². The summed E-state index contributed by atoms with van der Waals surface area (Å²) in [5.41, 5.74) is 2.16. The first-order chi connectivity index (χ1) is 15.8. The van der Waals surface area contributed by atoms with Crippen LogP contribution in [0.5, 0.6) is 0 Å². The third-order valence-electron chi connectivity index (χ3n) is 5.65. The average Bonchev–Trinajstić information content (AvgIpc) is 3.34. The highest BCUT2D eigenvalue weighted by atomic mass is 35.5. The average molecular weight is 472 g/mol. The van der Waals surface area contributed by atoms with Crippen molar-refractivity contribution in [2.45, 2.75) is 38.5 Å². The summed E-state index contributed by atoms with van der Waals surface area (Å²) >= 11 is 6.48. The second-order valence-electron chi connectivity index (χ2n) is 7.93. The fourth-order valence-electron chi connectivity index (χ4n) is 3.89. The van der Waals surface area contributed by atoms with Gasteiger partial charge in [-0.3, -0.25) is 4.79 Å². The Morgan fingerprint density at radius 2 is 1.88 bits per heavy atom. The van der Waals surface area contributed by atoms with Crippen LogP contribution in [-0.4, -0.2) is 50.4 Å². The Hall–Kier alpha value is -3.23. The Kier molecular flexibility index (Phi) is 6.76. The lowest BCUT2D eigenvalue weighted by atomic mass is 10.1. The van der Waals surface area contributed by atoms with Gasteiger partial charge in [0.05, 0.1) is 23.9 Å². The van der Waals surface area contributed by atoms with Crippen molar-refractivity contribution in [3.8, 4) is 5.69 Å². The zero-order valence-electron chi connectivity index (χ0n) is 17.9. The van der Waals surface area contributed by atoms with Crippen molar-refractivity contribution in [2.75, 3.05) is 6.54 Å². The summed E-state index contributed by atoms with van der Waals surface area (Å²) in [6.45, 7) is 1.62. The molecule has 2 atom stereocenters. The van der Waals surface area contributed by atoms with Gasteiger partial charge in [0.2, 0.25) is 5.91 Å². The lowest BCUT2D eigenvalue weighted by molar-refractivity contribution is -0.154. The molecule has 9 heteroatoms. The highest BCUT2D eigenvalue weighted by molar-refractivity contribution is 6.30. The summed E-state index contributed by atoms with van der Waals surface area (Å²) < 4.78 is 21.0. The van der Waals surface area contributed by atoms with E-state index in [2.05, 4.69) is 5.10 Å². The second-order valence-corrected chi connectivity index (χ2v) is 8.29. The van der Waals surface area contributed by atoms with Crippen LogP contribution in [-0.2, 0) is 27.4 Å². The Labute approximate surface area is 195 Å². The zero-order chi connectivity index (χ0) is 23.5. The molecule has 0 spiro atoms. The third-order valence-corrected chi connectivity index (χ3v) is 6.04. The number of benzene rings is 2. The minimum absolute atomic E-state index is 0.0151. The number of amides is 1. The highest BCUT2D eigenvalue weighted by Gasteiger charge is 2.40. The highest BCUT2D eigenvalue weighted by Crippen LogP contribution is 2.26. The molecule has 1 aromatic heterocycles. The maximum atomic E-state index is 13.9. The number of aromatic nitrogens is 2. The van der Waals surface area contributed by atoms with E-state index in [1.165, 1.54) is 23.1 Å². The van der Waals surface area contributed by atoms with Crippen molar-refractivity contribution >= 4 is 23.5 Å². The summed E-state index contributed by atoms with van der Waals surface area (Å²) in [6.07, 6.45) is -1.02. The number of carbonyl (C=O) groups excluding carboxylic acids is 2. The lowest BCUT2D eigenvalue weighted by Crippen LogP contribution is -2.42. The zero-order valence-corrected chi connectivity index (χ0v) is 18.7. The summed E-state index contributed by atoms with van der Waals surface area (Å²) in [5.74, 6) is -1.61. The van der Waals surface area contributed by atoms with Crippen LogP contribution in [0.3, 0.4) is 0 Å². The van der Waals surface area contributed by atoms with Crippen molar-refractivity contribution in [2.24, 2.45) is 0 Å². The minimum Gasteiger partial charge on any atom is -0.459 e. The number of nitrogens with zero attached hydrogens (tertiary/aromatic N) is 3. The molecule has 1 saturated heterocycles. The quantitative estimate of drug-likeness (QED) is 0.558. The number of aryl methyl sites for hydroxylation is 1. The number of hydrogen-bond acceptors (Lipinski definition) is 5. The van der Waals surface area contributed by atoms with Crippen molar-refractivity contribution in [3.05, 3.63) is 82.4 Å². The number of rotatable bonds is 6. The molecule has 0 aliphatic carbocycles. The van der Waals surface area contributed by atoms with Crippen molar-refractivity contribution in [3.63, 3.8) is 0 Å². The van der Waals surface area contributed by atoms with Crippen molar-refractivity contribution in [1.82, 2.24) is 14.7 Å². The molecule has 33 heavy (non-hydrogen) atoms. The number of hydrogen-bond donors (Lipinski definition) is 1. The molecular formula is C24H23ClFN3O4. The molecule has 1 aliphatic heterocycles. The van der Waals surface area contributed by atoms with Gasteiger partial charge in [-0.25, -0.2) is 13.9 Å². The van der Waals surface area contributed by atoms with Crippen LogP contribution < -0.4 is 0 Å². The number of carbonyl (C=O) groups is 2. The van der Waals surface area contributed by atoms with E-state index in [1.807, 2.05) is 30.3 Å². The van der Waals surface area contributed by atoms with E-state index in [0.29, 0.717) is 16.4 Å². The molecule has 1 aliphatic rings. The first-order valence-corrected chi connectivity index (χ1v) is 10.9. The van der Waals surface area contributed by atoms with Gasteiger partial charge in [-0.2, -0.15) is 5.10 Å². The number of ether oxygens (including phenoxy) is 1. The molecule has 2 heterocycles. The van der Waals surface area contributed by atoms with Gasteiger partial charge in [-0.1, -0.05) is 48.0 Å². The lowest BCUT2D eigenvalue weighted by Gasteiger charge is -2.23. The largest absolute Gasteiger partial charge is 0.459 e.